The van der Waals surface area contributed by atoms with Gasteiger partial charge in [-0.15, -0.1) is 11.3 Å². The lowest BCUT2D eigenvalue weighted by Crippen LogP contribution is -2.40. The number of nitrogens with zero attached hydrogens (tertiary/aromatic N) is 1. The molecule has 1 aliphatic heterocycles. The first-order valence-corrected chi connectivity index (χ1v) is 8.03. The standard InChI is InChI=1S/C13H18Cl2N2OS/c1-8(7-17-5-3-4-12(17)18)16-9(2)10-6-11(14)19-13(10)15/h6,8-9,16H,3-5,7H2,1-2H3. The predicted octanol–water partition coefficient (Wildman–Crippen LogP) is 3.72. The van der Waals surface area contributed by atoms with Crippen LogP contribution in [0.1, 0.15) is 38.3 Å². The van der Waals surface area contributed by atoms with Gasteiger partial charge in [0, 0.05) is 31.6 Å². The maximum atomic E-state index is 11.6. The summed E-state index contributed by atoms with van der Waals surface area (Å²) in [6.07, 6.45) is 1.67. The van der Waals surface area contributed by atoms with Gasteiger partial charge in [0.15, 0.2) is 0 Å². The number of carbonyl (C=O) groups is 1. The van der Waals surface area contributed by atoms with Crippen LogP contribution in [0.5, 0.6) is 0 Å². The van der Waals surface area contributed by atoms with Crippen LogP contribution in [0.25, 0.3) is 0 Å². The zero-order valence-corrected chi connectivity index (χ0v) is 13.4. The van der Waals surface area contributed by atoms with Gasteiger partial charge in [-0.3, -0.25) is 4.79 Å². The normalized spacial score (nSPS) is 18.9. The molecule has 6 heteroatoms. The highest BCUT2D eigenvalue weighted by atomic mass is 35.5. The van der Waals surface area contributed by atoms with Gasteiger partial charge < -0.3 is 10.2 Å². The SMILES string of the molecule is CC(CN1CCCC1=O)NC(C)c1cc(Cl)sc1Cl. The second-order valence-electron chi connectivity index (χ2n) is 5.01. The van der Waals surface area contributed by atoms with E-state index in [1.165, 1.54) is 11.3 Å². The van der Waals surface area contributed by atoms with Crippen LogP contribution in [0.3, 0.4) is 0 Å². The second kappa shape index (κ2) is 6.44. The molecule has 19 heavy (non-hydrogen) atoms. The van der Waals surface area contributed by atoms with Gasteiger partial charge in [0.2, 0.25) is 5.91 Å². The van der Waals surface area contributed by atoms with Gasteiger partial charge in [-0.25, -0.2) is 0 Å². The van der Waals surface area contributed by atoms with Crippen molar-refractivity contribution in [2.24, 2.45) is 0 Å². The Kier molecular flexibility index (Phi) is 5.12. The number of halogens is 2. The minimum absolute atomic E-state index is 0.129. The number of carbonyl (C=O) groups excluding carboxylic acids is 1. The lowest BCUT2D eigenvalue weighted by Gasteiger charge is -2.24. The minimum atomic E-state index is 0.129. The molecule has 2 unspecified atom stereocenters. The van der Waals surface area contributed by atoms with Crippen molar-refractivity contribution in [3.8, 4) is 0 Å². The van der Waals surface area contributed by atoms with Gasteiger partial charge in [0.05, 0.1) is 8.67 Å². The number of hydrogen-bond acceptors (Lipinski definition) is 3. The Balaban J connectivity index is 1.89. The van der Waals surface area contributed by atoms with Crippen molar-refractivity contribution in [1.82, 2.24) is 10.2 Å². The van der Waals surface area contributed by atoms with Gasteiger partial charge in [0.1, 0.15) is 0 Å². The molecule has 0 saturated carbocycles. The highest BCUT2D eigenvalue weighted by Crippen LogP contribution is 2.34. The molecule has 1 aliphatic rings. The topological polar surface area (TPSA) is 32.3 Å². The lowest BCUT2D eigenvalue weighted by atomic mass is 10.1. The number of amides is 1. The molecular formula is C13H18Cl2N2OS. The van der Waals surface area contributed by atoms with Crippen molar-refractivity contribution in [2.45, 2.75) is 38.8 Å². The van der Waals surface area contributed by atoms with E-state index in [-0.39, 0.29) is 18.0 Å². The van der Waals surface area contributed by atoms with E-state index < -0.39 is 0 Å². The van der Waals surface area contributed by atoms with Crippen molar-refractivity contribution in [3.63, 3.8) is 0 Å². The first-order chi connectivity index (χ1) is 8.97. The van der Waals surface area contributed by atoms with Crippen molar-refractivity contribution >= 4 is 40.4 Å². The third-order valence-corrected chi connectivity index (χ3v) is 4.87. The van der Waals surface area contributed by atoms with Crippen molar-refractivity contribution in [1.29, 1.82) is 0 Å². The van der Waals surface area contributed by atoms with Crippen LogP contribution in [-0.4, -0.2) is 29.9 Å². The summed E-state index contributed by atoms with van der Waals surface area (Å²) in [5.74, 6) is 0.262. The Morgan fingerprint density at radius 3 is 2.74 bits per heavy atom. The van der Waals surface area contributed by atoms with Gasteiger partial charge in [0.25, 0.3) is 0 Å². The van der Waals surface area contributed by atoms with Gasteiger partial charge in [-0.1, -0.05) is 23.2 Å². The van der Waals surface area contributed by atoms with Crippen LogP contribution in [0, 0.1) is 0 Å². The van der Waals surface area contributed by atoms with E-state index in [0.29, 0.717) is 10.8 Å². The van der Waals surface area contributed by atoms with E-state index in [4.69, 9.17) is 23.2 Å². The van der Waals surface area contributed by atoms with E-state index in [1.54, 1.807) is 0 Å². The molecule has 1 N–H and O–H groups in total. The molecule has 0 aliphatic carbocycles. The molecule has 1 fully saturated rings. The number of hydrogen-bond donors (Lipinski definition) is 1. The highest BCUT2D eigenvalue weighted by Gasteiger charge is 2.23. The van der Waals surface area contributed by atoms with E-state index in [2.05, 4.69) is 19.2 Å². The van der Waals surface area contributed by atoms with Crippen LogP contribution >= 0.6 is 34.5 Å². The van der Waals surface area contributed by atoms with E-state index in [1.807, 2.05) is 11.0 Å². The van der Waals surface area contributed by atoms with Gasteiger partial charge >= 0.3 is 0 Å². The minimum Gasteiger partial charge on any atom is -0.341 e. The third kappa shape index (κ3) is 3.85. The Labute approximate surface area is 127 Å². The number of nitrogens with one attached hydrogen (secondary N) is 1. The summed E-state index contributed by atoms with van der Waals surface area (Å²) in [7, 11) is 0. The van der Waals surface area contributed by atoms with Crippen LogP contribution in [0.15, 0.2) is 6.07 Å². The Hall–Kier alpha value is -0.290. The number of likely N-dealkylation sites (tertiary alicyclic amines) is 1. The molecule has 0 radical (unpaired) electrons. The van der Waals surface area contributed by atoms with Crippen LogP contribution in [0.2, 0.25) is 8.67 Å². The molecule has 2 atom stereocenters. The maximum Gasteiger partial charge on any atom is 0.222 e. The molecule has 0 spiro atoms. The van der Waals surface area contributed by atoms with Crippen LogP contribution in [-0.2, 0) is 4.79 Å². The van der Waals surface area contributed by atoms with E-state index in [9.17, 15) is 4.79 Å². The second-order valence-corrected chi connectivity index (χ2v) is 7.30. The Bertz CT molecular complexity index is 463. The largest absolute Gasteiger partial charge is 0.341 e. The molecule has 0 bridgehead atoms. The van der Waals surface area contributed by atoms with Crippen LogP contribution < -0.4 is 5.32 Å². The average molecular weight is 321 g/mol. The molecule has 1 saturated heterocycles. The zero-order chi connectivity index (χ0) is 14.0. The van der Waals surface area contributed by atoms with Gasteiger partial charge in [-0.05, 0) is 31.9 Å². The molecule has 1 aromatic rings. The Morgan fingerprint density at radius 2 is 2.21 bits per heavy atom. The summed E-state index contributed by atoms with van der Waals surface area (Å²) in [5.41, 5.74) is 1.02. The van der Waals surface area contributed by atoms with E-state index >= 15 is 0 Å². The van der Waals surface area contributed by atoms with Crippen molar-refractivity contribution in [3.05, 3.63) is 20.3 Å². The molecule has 1 aromatic heterocycles. The number of rotatable bonds is 5. The summed E-state index contributed by atoms with van der Waals surface area (Å²) in [5, 5.41) is 3.47. The number of thiophene rings is 1. The summed E-state index contributed by atoms with van der Waals surface area (Å²) >= 11 is 13.5. The molecular weight excluding hydrogens is 303 g/mol. The Morgan fingerprint density at radius 1 is 1.47 bits per heavy atom. The molecule has 3 nitrogen and oxygen atoms in total. The first-order valence-electron chi connectivity index (χ1n) is 6.46. The van der Waals surface area contributed by atoms with Gasteiger partial charge in [-0.2, -0.15) is 0 Å². The molecule has 2 rings (SSSR count). The summed E-state index contributed by atoms with van der Waals surface area (Å²) < 4.78 is 1.44. The highest BCUT2D eigenvalue weighted by molar-refractivity contribution is 7.20. The maximum absolute atomic E-state index is 11.6. The van der Waals surface area contributed by atoms with E-state index in [0.717, 1.165) is 29.4 Å². The summed E-state index contributed by atoms with van der Waals surface area (Å²) in [4.78, 5) is 13.5. The quantitative estimate of drug-likeness (QED) is 0.896. The molecule has 0 aromatic carbocycles. The average Bonchev–Trinajstić information content (AvgIpc) is 2.85. The molecule has 106 valence electrons. The van der Waals surface area contributed by atoms with Crippen LogP contribution in [0.4, 0.5) is 0 Å². The first kappa shape index (κ1) is 15.1. The molecule has 1 amide bonds. The third-order valence-electron chi connectivity index (χ3n) is 3.35. The fraction of sp³-hybridized carbons (Fsp3) is 0.615. The smallest absolute Gasteiger partial charge is 0.222 e. The fourth-order valence-electron chi connectivity index (χ4n) is 2.45. The fourth-order valence-corrected chi connectivity index (χ4v) is 4.09. The molecule has 2 heterocycles. The predicted molar refractivity (Wildman–Crippen MR) is 81.2 cm³/mol. The summed E-state index contributed by atoms with van der Waals surface area (Å²) in [6.45, 7) is 5.78. The van der Waals surface area contributed by atoms with Crippen molar-refractivity contribution < 1.29 is 4.79 Å². The lowest BCUT2D eigenvalue weighted by molar-refractivity contribution is -0.127. The summed E-state index contributed by atoms with van der Waals surface area (Å²) in [6, 6.07) is 2.26. The zero-order valence-electron chi connectivity index (χ0n) is 11.1. The van der Waals surface area contributed by atoms with Crippen molar-refractivity contribution in [2.75, 3.05) is 13.1 Å². The monoisotopic (exact) mass is 320 g/mol.